The van der Waals surface area contributed by atoms with Crippen molar-refractivity contribution < 1.29 is 4.79 Å². The van der Waals surface area contributed by atoms with Crippen molar-refractivity contribution in [2.75, 3.05) is 11.2 Å². The molecule has 6 nitrogen and oxygen atoms in total. The van der Waals surface area contributed by atoms with E-state index in [1.165, 1.54) is 22.0 Å². The fourth-order valence-electron chi connectivity index (χ4n) is 2.74. The van der Waals surface area contributed by atoms with Gasteiger partial charge in [-0.2, -0.15) is 0 Å². The Morgan fingerprint density at radius 3 is 2.58 bits per heavy atom. The highest BCUT2D eigenvalue weighted by Crippen LogP contribution is 2.28. The molecule has 136 valence electrons. The number of nitrogens with two attached hydrogens (primary N) is 1. The monoisotopic (exact) mass is 387 g/mol. The number of nitrogen functional groups attached to an aromatic ring is 1. The number of rotatable bonds is 5. The van der Waals surface area contributed by atoms with Crippen molar-refractivity contribution in [2.24, 2.45) is 0 Å². The van der Waals surface area contributed by atoms with Crippen molar-refractivity contribution in [3.05, 3.63) is 46.3 Å². The molecular formula is C18H21N5OS2. The van der Waals surface area contributed by atoms with Gasteiger partial charge in [-0.15, -0.1) is 21.5 Å². The van der Waals surface area contributed by atoms with E-state index >= 15 is 0 Å². The van der Waals surface area contributed by atoms with Crippen molar-refractivity contribution >= 4 is 34.7 Å². The standard InChI is InChI=1S/C18H21N5OS2/c1-10-8-11(2)15(12(3)9-10)20-17(24)13(4)26-18-22-21-16(23(18)19)14-6-5-7-25-14/h5-9,13H,19H2,1-4H3,(H,20,24)/t13-/m1/s1. The lowest BCUT2D eigenvalue weighted by Gasteiger charge is -2.15. The second-order valence-corrected chi connectivity index (χ2v) is 8.43. The van der Waals surface area contributed by atoms with Crippen LogP contribution < -0.4 is 11.2 Å². The SMILES string of the molecule is Cc1cc(C)c(NC(=O)[C@@H](C)Sc2nnc(-c3cccs3)n2N)c(C)c1. The quantitative estimate of drug-likeness (QED) is 0.514. The van der Waals surface area contributed by atoms with Crippen LogP contribution in [0.4, 0.5) is 5.69 Å². The van der Waals surface area contributed by atoms with Gasteiger partial charge in [0, 0.05) is 5.69 Å². The van der Waals surface area contributed by atoms with Gasteiger partial charge in [-0.25, -0.2) is 4.68 Å². The highest BCUT2D eigenvalue weighted by atomic mass is 32.2. The molecule has 3 aromatic rings. The number of carbonyl (C=O) groups excluding carboxylic acids is 1. The van der Waals surface area contributed by atoms with Crippen LogP contribution in [0.15, 0.2) is 34.8 Å². The number of anilines is 1. The summed E-state index contributed by atoms with van der Waals surface area (Å²) < 4.78 is 1.43. The van der Waals surface area contributed by atoms with Crippen molar-refractivity contribution in [3.63, 3.8) is 0 Å². The molecule has 0 saturated carbocycles. The summed E-state index contributed by atoms with van der Waals surface area (Å²) in [6.07, 6.45) is 0. The van der Waals surface area contributed by atoms with E-state index in [1.54, 1.807) is 11.3 Å². The first kappa shape index (κ1) is 18.5. The van der Waals surface area contributed by atoms with E-state index < -0.39 is 0 Å². The molecular weight excluding hydrogens is 366 g/mol. The second kappa shape index (κ2) is 7.51. The van der Waals surface area contributed by atoms with Crippen LogP contribution in [0.3, 0.4) is 0 Å². The van der Waals surface area contributed by atoms with Gasteiger partial charge in [0.05, 0.1) is 10.1 Å². The molecule has 1 aromatic carbocycles. The average molecular weight is 388 g/mol. The van der Waals surface area contributed by atoms with Gasteiger partial charge in [0.15, 0.2) is 5.82 Å². The number of amides is 1. The molecule has 0 aliphatic rings. The smallest absolute Gasteiger partial charge is 0.237 e. The maximum atomic E-state index is 12.6. The van der Waals surface area contributed by atoms with E-state index in [1.807, 2.05) is 45.2 Å². The molecule has 0 aliphatic heterocycles. The number of aromatic nitrogens is 3. The summed E-state index contributed by atoms with van der Waals surface area (Å²) in [5.41, 5.74) is 4.14. The number of nitrogens with one attached hydrogen (secondary N) is 1. The fraction of sp³-hybridized carbons (Fsp3) is 0.278. The van der Waals surface area contributed by atoms with Gasteiger partial charge in [0.2, 0.25) is 11.1 Å². The topological polar surface area (TPSA) is 85.8 Å². The number of benzene rings is 1. The van der Waals surface area contributed by atoms with Crippen LogP contribution in [0.1, 0.15) is 23.6 Å². The Hall–Kier alpha value is -2.32. The highest BCUT2D eigenvalue weighted by molar-refractivity contribution is 8.00. The summed E-state index contributed by atoms with van der Waals surface area (Å²) in [6.45, 7) is 7.87. The summed E-state index contributed by atoms with van der Waals surface area (Å²) in [5, 5.41) is 13.4. The third-order valence-electron chi connectivity index (χ3n) is 3.98. The van der Waals surface area contributed by atoms with Crippen LogP contribution in [0.2, 0.25) is 0 Å². The molecule has 1 atom stereocenters. The maximum absolute atomic E-state index is 12.6. The van der Waals surface area contributed by atoms with Crippen LogP contribution in [-0.4, -0.2) is 26.0 Å². The zero-order valence-corrected chi connectivity index (χ0v) is 16.7. The van der Waals surface area contributed by atoms with E-state index in [2.05, 4.69) is 27.6 Å². The first-order valence-corrected chi connectivity index (χ1v) is 9.92. The van der Waals surface area contributed by atoms with Gasteiger partial charge < -0.3 is 11.2 Å². The predicted octanol–water partition coefficient (Wildman–Crippen LogP) is 3.76. The number of carbonyl (C=O) groups is 1. The van der Waals surface area contributed by atoms with Gasteiger partial charge >= 0.3 is 0 Å². The van der Waals surface area contributed by atoms with Gasteiger partial charge in [0.1, 0.15) is 0 Å². The minimum Gasteiger partial charge on any atom is -0.335 e. The van der Waals surface area contributed by atoms with E-state index in [9.17, 15) is 4.79 Å². The summed E-state index contributed by atoms with van der Waals surface area (Å²) in [6, 6.07) is 7.99. The van der Waals surface area contributed by atoms with Crippen LogP contribution in [-0.2, 0) is 4.79 Å². The molecule has 3 N–H and O–H groups in total. The number of thioether (sulfide) groups is 1. The van der Waals surface area contributed by atoms with Crippen LogP contribution in [0, 0.1) is 20.8 Å². The molecule has 0 unspecified atom stereocenters. The average Bonchev–Trinajstić information content (AvgIpc) is 3.21. The Balaban J connectivity index is 1.73. The van der Waals surface area contributed by atoms with Gasteiger partial charge in [-0.05, 0) is 50.3 Å². The molecule has 26 heavy (non-hydrogen) atoms. The molecule has 0 bridgehead atoms. The molecule has 2 heterocycles. The van der Waals surface area contributed by atoms with Crippen molar-refractivity contribution in [1.29, 1.82) is 0 Å². The lowest BCUT2D eigenvalue weighted by molar-refractivity contribution is -0.115. The molecule has 3 rings (SSSR count). The minimum absolute atomic E-state index is 0.0919. The van der Waals surface area contributed by atoms with Crippen molar-refractivity contribution in [3.8, 4) is 10.7 Å². The summed E-state index contributed by atoms with van der Waals surface area (Å²) in [4.78, 5) is 13.6. The Morgan fingerprint density at radius 1 is 1.27 bits per heavy atom. The number of hydrogen-bond donors (Lipinski definition) is 2. The largest absolute Gasteiger partial charge is 0.335 e. The van der Waals surface area contributed by atoms with E-state index in [0.717, 1.165) is 21.7 Å². The summed E-state index contributed by atoms with van der Waals surface area (Å²) in [7, 11) is 0. The lowest BCUT2D eigenvalue weighted by atomic mass is 10.1. The second-order valence-electron chi connectivity index (χ2n) is 6.18. The zero-order valence-electron chi connectivity index (χ0n) is 15.1. The molecule has 0 fully saturated rings. The molecule has 0 spiro atoms. The summed E-state index contributed by atoms with van der Waals surface area (Å²) in [5.74, 6) is 6.61. The van der Waals surface area contributed by atoms with E-state index in [-0.39, 0.29) is 11.2 Å². The Labute approximate surface area is 160 Å². The molecule has 1 amide bonds. The first-order chi connectivity index (χ1) is 12.4. The fourth-order valence-corrected chi connectivity index (χ4v) is 4.22. The van der Waals surface area contributed by atoms with Gasteiger partial charge in [-0.1, -0.05) is 35.5 Å². The van der Waals surface area contributed by atoms with Gasteiger partial charge in [0.25, 0.3) is 0 Å². The number of hydrogen-bond acceptors (Lipinski definition) is 6. The normalized spacial score (nSPS) is 12.2. The predicted molar refractivity (Wildman–Crippen MR) is 108 cm³/mol. The number of nitrogens with zero attached hydrogens (tertiary/aromatic N) is 3. The van der Waals surface area contributed by atoms with Crippen LogP contribution >= 0.6 is 23.1 Å². The van der Waals surface area contributed by atoms with Gasteiger partial charge in [-0.3, -0.25) is 4.79 Å². The third kappa shape index (κ3) is 3.76. The number of thiophene rings is 1. The maximum Gasteiger partial charge on any atom is 0.237 e. The molecule has 0 saturated heterocycles. The Bertz CT molecular complexity index is 910. The van der Waals surface area contributed by atoms with Crippen LogP contribution in [0.25, 0.3) is 10.7 Å². The van der Waals surface area contributed by atoms with E-state index in [4.69, 9.17) is 5.84 Å². The van der Waals surface area contributed by atoms with E-state index in [0.29, 0.717) is 11.0 Å². The third-order valence-corrected chi connectivity index (χ3v) is 5.91. The zero-order chi connectivity index (χ0) is 18.8. The van der Waals surface area contributed by atoms with Crippen molar-refractivity contribution in [1.82, 2.24) is 14.9 Å². The first-order valence-electron chi connectivity index (χ1n) is 8.16. The Morgan fingerprint density at radius 2 is 1.96 bits per heavy atom. The highest BCUT2D eigenvalue weighted by Gasteiger charge is 2.21. The lowest BCUT2D eigenvalue weighted by Crippen LogP contribution is -2.24. The molecule has 0 aliphatic carbocycles. The van der Waals surface area contributed by atoms with Crippen LogP contribution in [0.5, 0.6) is 0 Å². The minimum atomic E-state index is -0.363. The molecule has 2 aromatic heterocycles. The summed E-state index contributed by atoms with van der Waals surface area (Å²) >= 11 is 2.83. The van der Waals surface area contributed by atoms with Crippen molar-refractivity contribution in [2.45, 2.75) is 38.1 Å². The number of aryl methyl sites for hydroxylation is 3. The Kier molecular flexibility index (Phi) is 5.33. The molecule has 8 heteroatoms. The molecule has 0 radical (unpaired) electrons.